The van der Waals surface area contributed by atoms with Crippen molar-refractivity contribution in [2.75, 3.05) is 13.1 Å². The molecule has 1 saturated heterocycles. The fourth-order valence-corrected chi connectivity index (χ4v) is 3.86. The van der Waals surface area contributed by atoms with Gasteiger partial charge in [0.2, 0.25) is 5.91 Å². The van der Waals surface area contributed by atoms with E-state index in [4.69, 9.17) is 5.11 Å². The van der Waals surface area contributed by atoms with Crippen LogP contribution in [0.4, 0.5) is 13.2 Å². The van der Waals surface area contributed by atoms with Gasteiger partial charge in [-0.3, -0.25) is 9.59 Å². The zero-order valence-electron chi connectivity index (χ0n) is 14.4. The molecular weight excluding hydrogens is 347 g/mol. The largest absolute Gasteiger partial charge is 0.481 e. The maximum Gasteiger partial charge on any atom is 0.416 e. The molecule has 1 heterocycles. The molecule has 1 aliphatic heterocycles. The second-order valence-electron chi connectivity index (χ2n) is 7.35. The number of amides is 1. The molecule has 1 N–H and O–H groups in total. The number of rotatable bonds is 5. The normalized spacial score (nSPS) is 22.1. The van der Waals surface area contributed by atoms with Gasteiger partial charge < -0.3 is 10.0 Å². The van der Waals surface area contributed by atoms with Crippen molar-refractivity contribution in [2.45, 2.75) is 50.1 Å². The van der Waals surface area contributed by atoms with Gasteiger partial charge >= 0.3 is 12.1 Å². The minimum absolute atomic E-state index is 0.0749. The number of carboxylic acid groups (broad SMARTS) is 1. The van der Waals surface area contributed by atoms with Crippen LogP contribution in [0.5, 0.6) is 0 Å². The molecule has 0 bridgehead atoms. The molecular formula is C19H22F3NO3. The molecule has 2 aliphatic rings. The van der Waals surface area contributed by atoms with Crippen molar-refractivity contribution >= 4 is 11.9 Å². The fraction of sp³-hybridized carbons (Fsp3) is 0.579. The lowest BCUT2D eigenvalue weighted by molar-refractivity contribution is -0.139. The minimum atomic E-state index is -4.43. The molecule has 3 rings (SSSR count). The summed E-state index contributed by atoms with van der Waals surface area (Å²) in [7, 11) is 0. The number of carbonyl (C=O) groups excluding carboxylic acids is 1. The van der Waals surface area contributed by atoms with Crippen molar-refractivity contribution in [1.82, 2.24) is 4.90 Å². The van der Waals surface area contributed by atoms with Crippen LogP contribution in [0.15, 0.2) is 24.3 Å². The van der Waals surface area contributed by atoms with E-state index < -0.39 is 23.1 Å². The number of aliphatic carboxylic acids is 1. The van der Waals surface area contributed by atoms with E-state index >= 15 is 0 Å². The van der Waals surface area contributed by atoms with E-state index in [2.05, 4.69) is 0 Å². The Labute approximate surface area is 150 Å². The van der Waals surface area contributed by atoms with Crippen LogP contribution in [-0.2, 0) is 21.2 Å². The maximum atomic E-state index is 13.1. The second kappa shape index (κ2) is 6.93. The Morgan fingerprint density at radius 3 is 2.62 bits per heavy atom. The van der Waals surface area contributed by atoms with Gasteiger partial charge in [-0.2, -0.15) is 13.2 Å². The average molecular weight is 369 g/mol. The number of piperidine rings is 1. The average Bonchev–Trinajstić information content (AvgIpc) is 3.41. The molecule has 1 aromatic carbocycles. The predicted molar refractivity (Wildman–Crippen MR) is 88.5 cm³/mol. The van der Waals surface area contributed by atoms with E-state index in [1.165, 1.54) is 6.07 Å². The quantitative estimate of drug-likeness (QED) is 0.858. The van der Waals surface area contributed by atoms with Gasteiger partial charge in [-0.05, 0) is 49.7 Å². The van der Waals surface area contributed by atoms with Crippen molar-refractivity contribution in [3.63, 3.8) is 0 Å². The lowest BCUT2D eigenvalue weighted by atomic mass is 9.89. The lowest BCUT2D eigenvalue weighted by Crippen LogP contribution is -2.45. The summed E-state index contributed by atoms with van der Waals surface area (Å²) in [4.78, 5) is 25.5. The topological polar surface area (TPSA) is 57.6 Å². The van der Waals surface area contributed by atoms with Crippen LogP contribution in [-0.4, -0.2) is 35.0 Å². The van der Waals surface area contributed by atoms with Crippen LogP contribution in [0.25, 0.3) is 0 Å². The van der Waals surface area contributed by atoms with Crippen LogP contribution < -0.4 is 0 Å². The van der Waals surface area contributed by atoms with Crippen molar-refractivity contribution in [3.05, 3.63) is 35.4 Å². The highest BCUT2D eigenvalue weighted by molar-refractivity contribution is 5.91. The number of likely N-dealkylation sites (tertiary alicyclic amines) is 1. The summed E-state index contributed by atoms with van der Waals surface area (Å²) in [6.07, 6.45) is -1.03. The number of carbonyl (C=O) groups is 2. The van der Waals surface area contributed by atoms with E-state index in [0.717, 1.165) is 25.0 Å². The number of carboxylic acids is 1. The number of nitrogens with zero attached hydrogens (tertiary/aromatic N) is 1. The van der Waals surface area contributed by atoms with Gasteiger partial charge in [0.25, 0.3) is 0 Å². The SMILES string of the molecule is O=C(O)CCC1CCCN(C(=O)C2(c3cccc(C(F)(F)F)c3)CC2)C1. The molecule has 1 aromatic rings. The molecule has 2 fully saturated rings. The highest BCUT2D eigenvalue weighted by Crippen LogP contribution is 2.51. The van der Waals surface area contributed by atoms with E-state index in [1.807, 2.05) is 0 Å². The van der Waals surface area contributed by atoms with Crippen LogP contribution in [0, 0.1) is 5.92 Å². The van der Waals surface area contributed by atoms with Crippen LogP contribution in [0.1, 0.15) is 49.7 Å². The molecule has 0 radical (unpaired) electrons. The van der Waals surface area contributed by atoms with E-state index in [0.29, 0.717) is 37.9 Å². The summed E-state index contributed by atoms with van der Waals surface area (Å²) in [6.45, 7) is 1.08. The van der Waals surface area contributed by atoms with E-state index in [9.17, 15) is 22.8 Å². The third-order valence-corrected chi connectivity index (χ3v) is 5.47. The Hall–Kier alpha value is -2.05. The molecule has 1 saturated carbocycles. The highest BCUT2D eigenvalue weighted by atomic mass is 19.4. The van der Waals surface area contributed by atoms with Gasteiger partial charge in [0, 0.05) is 19.5 Å². The van der Waals surface area contributed by atoms with Crippen LogP contribution >= 0.6 is 0 Å². The first-order valence-electron chi connectivity index (χ1n) is 8.91. The van der Waals surface area contributed by atoms with Gasteiger partial charge in [-0.1, -0.05) is 18.2 Å². The Balaban J connectivity index is 1.74. The van der Waals surface area contributed by atoms with Crippen LogP contribution in [0.3, 0.4) is 0 Å². The van der Waals surface area contributed by atoms with Crippen molar-refractivity contribution in [2.24, 2.45) is 5.92 Å². The van der Waals surface area contributed by atoms with E-state index in [-0.39, 0.29) is 18.2 Å². The molecule has 142 valence electrons. The summed E-state index contributed by atoms with van der Waals surface area (Å²) in [5.41, 5.74) is -1.13. The van der Waals surface area contributed by atoms with Gasteiger partial charge in [0.05, 0.1) is 11.0 Å². The van der Waals surface area contributed by atoms with Gasteiger partial charge in [-0.15, -0.1) is 0 Å². The summed E-state index contributed by atoms with van der Waals surface area (Å²) < 4.78 is 39.0. The Kier molecular flexibility index (Phi) is 4.99. The highest BCUT2D eigenvalue weighted by Gasteiger charge is 2.53. The molecule has 1 aliphatic carbocycles. The molecule has 1 amide bonds. The Morgan fingerprint density at radius 2 is 2.00 bits per heavy atom. The Bertz CT molecular complexity index is 698. The van der Waals surface area contributed by atoms with E-state index in [1.54, 1.807) is 11.0 Å². The number of hydrogen-bond donors (Lipinski definition) is 1. The number of halogens is 3. The first-order chi connectivity index (χ1) is 12.2. The first kappa shape index (κ1) is 18.7. The Morgan fingerprint density at radius 1 is 1.27 bits per heavy atom. The third-order valence-electron chi connectivity index (χ3n) is 5.47. The number of benzene rings is 1. The first-order valence-corrected chi connectivity index (χ1v) is 8.91. The number of hydrogen-bond acceptors (Lipinski definition) is 2. The molecule has 0 spiro atoms. The maximum absolute atomic E-state index is 13.1. The smallest absolute Gasteiger partial charge is 0.416 e. The van der Waals surface area contributed by atoms with Gasteiger partial charge in [0.15, 0.2) is 0 Å². The van der Waals surface area contributed by atoms with Gasteiger partial charge in [-0.25, -0.2) is 0 Å². The molecule has 1 atom stereocenters. The van der Waals surface area contributed by atoms with Gasteiger partial charge in [0.1, 0.15) is 0 Å². The zero-order valence-corrected chi connectivity index (χ0v) is 14.4. The lowest BCUT2D eigenvalue weighted by Gasteiger charge is -2.35. The zero-order chi connectivity index (χ0) is 18.9. The minimum Gasteiger partial charge on any atom is -0.481 e. The van der Waals surface area contributed by atoms with Crippen molar-refractivity contribution < 1.29 is 27.9 Å². The molecule has 0 aromatic heterocycles. The van der Waals surface area contributed by atoms with Crippen molar-refractivity contribution in [1.29, 1.82) is 0 Å². The summed E-state index contributed by atoms with van der Waals surface area (Å²) in [5.74, 6) is -0.825. The monoisotopic (exact) mass is 369 g/mol. The fourth-order valence-electron chi connectivity index (χ4n) is 3.86. The summed E-state index contributed by atoms with van der Waals surface area (Å²) >= 11 is 0. The van der Waals surface area contributed by atoms with Crippen molar-refractivity contribution in [3.8, 4) is 0 Å². The summed E-state index contributed by atoms with van der Waals surface area (Å²) in [6, 6.07) is 5.08. The molecule has 1 unspecified atom stereocenters. The van der Waals surface area contributed by atoms with Crippen LogP contribution in [0.2, 0.25) is 0 Å². The summed E-state index contributed by atoms with van der Waals surface area (Å²) in [5, 5.41) is 8.83. The number of alkyl halides is 3. The predicted octanol–water partition coefficient (Wildman–Crippen LogP) is 3.84. The standard InChI is InChI=1S/C19H22F3NO3/c20-19(21,22)15-5-1-4-14(11-15)18(8-9-18)17(26)23-10-2-3-13(12-23)6-7-16(24)25/h1,4-5,11,13H,2-3,6-10,12H2,(H,24,25). The molecule has 26 heavy (non-hydrogen) atoms. The molecule has 4 nitrogen and oxygen atoms in total. The second-order valence-corrected chi connectivity index (χ2v) is 7.35. The third kappa shape index (κ3) is 3.86. The molecule has 7 heteroatoms.